The van der Waals surface area contributed by atoms with Crippen molar-refractivity contribution >= 4 is 11.6 Å². The summed E-state index contributed by atoms with van der Waals surface area (Å²) >= 11 is 5.90. The number of phenolic OH excluding ortho intramolecular Hbond substituents is 1. The van der Waals surface area contributed by atoms with Crippen molar-refractivity contribution in [3.8, 4) is 23.0 Å². The summed E-state index contributed by atoms with van der Waals surface area (Å²) in [5.74, 6) is 1.14. The van der Waals surface area contributed by atoms with Crippen LogP contribution in [-0.4, -0.2) is 24.9 Å². The number of nitrogens with zero attached hydrogens (tertiary/aromatic N) is 4. The summed E-state index contributed by atoms with van der Waals surface area (Å²) in [5.41, 5.74) is 0.488. The van der Waals surface area contributed by atoms with Crippen LogP contribution in [0.2, 0.25) is 5.02 Å². The summed E-state index contributed by atoms with van der Waals surface area (Å²) in [6.45, 7) is 0. The van der Waals surface area contributed by atoms with E-state index in [1.54, 1.807) is 18.3 Å². The van der Waals surface area contributed by atoms with Crippen molar-refractivity contribution in [3.05, 3.63) is 53.9 Å². The number of pyridine rings is 1. The molecule has 5 nitrogen and oxygen atoms in total. The van der Waals surface area contributed by atoms with E-state index in [9.17, 15) is 5.11 Å². The monoisotopic (exact) mass is 272 g/mol. The fraction of sp³-hybridized carbons (Fsp3) is 0. The second-order valence-electron chi connectivity index (χ2n) is 3.86. The van der Waals surface area contributed by atoms with Crippen LogP contribution in [0.5, 0.6) is 5.75 Å². The predicted molar refractivity (Wildman–Crippen MR) is 71.3 cm³/mol. The summed E-state index contributed by atoms with van der Waals surface area (Å²) in [4.78, 5) is 8.33. The second kappa shape index (κ2) is 4.70. The summed E-state index contributed by atoms with van der Waals surface area (Å²) in [6, 6.07) is 10.2. The lowest BCUT2D eigenvalue weighted by Crippen LogP contribution is -1.97. The Morgan fingerprint density at radius 3 is 2.79 bits per heavy atom. The molecule has 0 aliphatic carbocycles. The molecule has 0 spiro atoms. The van der Waals surface area contributed by atoms with Gasteiger partial charge in [0.05, 0.1) is 5.56 Å². The van der Waals surface area contributed by atoms with Crippen LogP contribution < -0.4 is 0 Å². The molecule has 0 radical (unpaired) electrons. The van der Waals surface area contributed by atoms with E-state index in [2.05, 4.69) is 15.1 Å². The maximum atomic E-state index is 9.80. The lowest BCUT2D eigenvalue weighted by molar-refractivity contribution is 0.477. The number of hydrogen-bond acceptors (Lipinski definition) is 4. The molecule has 0 bridgehead atoms. The van der Waals surface area contributed by atoms with Crippen LogP contribution in [0.1, 0.15) is 0 Å². The van der Waals surface area contributed by atoms with Crippen molar-refractivity contribution in [1.29, 1.82) is 0 Å². The van der Waals surface area contributed by atoms with E-state index in [1.165, 1.54) is 17.1 Å². The summed E-state index contributed by atoms with van der Waals surface area (Å²) in [5, 5.41) is 14.6. The van der Waals surface area contributed by atoms with Crippen LogP contribution in [0.3, 0.4) is 0 Å². The predicted octanol–water partition coefficient (Wildman–Crippen LogP) is 2.69. The molecule has 1 aromatic carbocycles. The van der Waals surface area contributed by atoms with E-state index >= 15 is 0 Å². The van der Waals surface area contributed by atoms with Crippen LogP contribution in [-0.2, 0) is 0 Å². The smallest absolute Gasteiger partial charge is 0.185 e. The van der Waals surface area contributed by atoms with Gasteiger partial charge in [-0.3, -0.25) is 0 Å². The average molecular weight is 273 g/mol. The molecule has 0 amide bonds. The molecular formula is C13H9ClN4O. The Morgan fingerprint density at radius 1 is 1.11 bits per heavy atom. The standard InChI is InChI=1S/C13H9ClN4O/c14-9-4-5-11(19)10(7-9)13-16-8-18(17-13)12-3-1-2-6-15-12/h1-8,19H. The topological polar surface area (TPSA) is 63.8 Å². The molecule has 0 fully saturated rings. The van der Waals surface area contributed by atoms with Crippen molar-refractivity contribution in [1.82, 2.24) is 19.7 Å². The quantitative estimate of drug-likeness (QED) is 0.779. The molecule has 3 aromatic rings. The Kier molecular flexibility index (Phi) is 2.89. The molecule has 6 heteroatoms. The number of hydrogen-bond donors (Lipinski definition) is 1. The normalized spacial score (nSPS) is 10.6. The Balaban J connectivity index is 2.04. The highest BCUT2D eigenvalue weighted by molar-refractivity contribution is 6.30. The van der Waals surface area contributed by atoms with E-state index in [4.69, 9.17) is 11.6 Å². The molecule has 2 heterocycles. The van der Waals surface area contributed by atoms with E-state index in [1.807, 2.05) is 18.2 Å². The number of aromatic hydroxyl groups is 1. The van der Waals surface area contributed by atoms with Gasteiger partial charge >= 0.3 is 0 Å². The molecule has 0 atom stereocenters. The first-order valence-corrected chi connectivity index (χ1v) is 5.94. The molecule has 0 saturated carbocycles. The Bertz CT molecular complexity index is 712. The van der Waals surface area contributed by atoms with Crippen LogP contribution in [0, 0.1) is 0 Å². The fourth-order valence-corrected chi connectivity index (χ4v) is 1.85. The molecule has 3 rings (SSSR count). The number of phenols is 1. The van der Waals surface area contributed by atoms with E-state index in [-0.39, 0.29) is 5.75 Å². The van der Waals surface area contributed by atoms with E-state index < -0.39 is 0 Å². The van der Waals surface area contributed by atoms with E-state index in [0.29, 0.717) is 22.2 Å². The van der Waals surface area contributed by atoms with Gasteiger partial charge in [0.15, 0.2) is 11.6 Å². The zero-order valence-electron chi connectivity index (χ0n) is 9.73. The third kappa shape index (κ3) is 2.28. The fourth-order valence-electron chi connectivity index (χ4n) is 1.67. The zero-order chi connectivity index (χ0) is 13.2. The molecule has 2 aromatic heterocycles. The van der Waals surface area contributed by atoms with Crippen LogP contribution in [0.4, 0.5) is 0 Å². The van der Waals surface area contributed by atoms with Gasteiger partial charge in [0, 0.05) is 11.2 Å². The van der Waals surface area contributed by atoms with Crippen LogP contribution in [0.15, 0.2) is 48.9 Å². The number of benzene rings is 1. The highest BCUT2D eigenvalue weighted by Gasteiger charge is 2.11. The van der Waals surface area contributed by atoms with E-state index in [0.717, 1.165) is 0 Å². The maximum Gasteiger partial charge on any atom is 0.185 e. The van der Waals surface area contributed by atoms with Crippen LogP contribution in [0.25, 0.3) is 17.2 Å². The van der Waals surface area contributed by atoms with Gasteiger partial charge in [-0.15, -0.1) is 5.10 Å². The first kappa shape index (κ1) is 11.7. The molecule has 0 saturated heterocycles. The van der Waals surface area contributed by atoms with Gasteiger partial charge in [-0.05, 0) is 30.3 Å². The van der Waals surface area contributed by atoms with Crippen molar-refractivity contribution in [2.75, 3.05) is 0 Å². The highest BCUT2D eigenvalue weighted by Crippen LogP contribution is 2.29. The number of rotatable bonds is 2. The molecule has 19 heavy (non-hydrogen) atoms. The number of halogens is 1. The third-order valence-corrected chi connectivity index (χ3v) is 2.81. The van der Waals surface area contributed by atoms with Gasteiger partial charge in [0.1, 0.15) is 12.1 Å². The molecule has 94 valence electrons. The SMILES string of the molecule is Oc1ccc(Cl)cc1-c1ncn(-c2ccccn2)n1. The van der Waals surface area contributed by atoms with Gasteiger partial charge in [-0.2, -0.15) is 0 Å². The van der Waals surface area contributed by atoms with Gasteiger partial charge in [-0.25, -0.2) is 14.6 Å². The van der Waals surface area contributed by atoms with Crippen molar-refractivity contribution < 1.29 is 5.11 Å². The van der Waals surface area contributed by atoms with Crippen LogP contribution >= 0.6 is 11.6 Å². The average Bonchev–Trinajstić information content (AvgIpc) is 2.92. The van der Waals surface area contributed by atoms with Crippen molar-refractivity contribution in [3.63, 3.8) is 0 Å². The molecule has 1 N–H and O–H groups in total. The second-order valence-corrected chi connectivity index (χ2v) is 4.30. The minimum Gasteiger partial charge on any atom is -0.507 e. The van der Waals surface area contributed by atoms with Gasteiger partial charge in [0.25, 0.3) is 0 Å². The minimum absolute atomic E-state index is 0.0863. The Morgan fingerprint density at radius 2 is 2.00 bits per heavy atom. The summed E-state index contributed by atoms with van der Waals surface area (Å²) in [7, 11) is 0. The highest BCUT2D eigenvalue weighted by atomic mass is 35.5. The summed E-state index contributed by atoms with van der Waals surface area (Å²) < 4.78 is 1.54. The first-order chi connectivity index (χ1) is 9.24. The van der Waals surface area contributed by atoms with Crippen molar-refractivity contribution in [2.24, 2.45) is 0 Å². The summed E-state index contributed by atoms with van der Waals surface area (Å²) in [6.07, 6.45) is 3.21. The number of aromatic nitrogens is 4. The molecular weight excluding hydrogens is 264 g/mol. The minimum atomic E-state index is 0.0863. The van der Waals surface area contributed by atoms with Gasteiger partial charge in [-0.1, -0.05) is 17.7 Å². The lowest BCUT2D eigenvalue weighted by Gasteiger charge is -2.00. The molecule has 0 aliphatic heterocycles. The van der Waals surface area contributed by atoms with Gasteiger partial charge < -0.3 is 5.11 Å². The lowest BCUT2D eigenvalue weighted by atomic mass is 10.2. The maximum absolute atomic E-state index is 9.80. The first-order valence-electron chi connectivity index (χ1n) is 5.56. The Labute approximate surface area is 114 Å². The molecule has 0 aliphatic rings. The zero-order valence-corrected chi connectivity index (χ0v) is 10.5. The third-order valence-electron chi connectivity index (χ3n) is 2.58. The largest absolute Gasteiger partial charge is 0.507 e. The Hall–Kier alpha value is -2.40. The molecule has 0 unspecified atom stereocenters. The van der Waals surface area contributed by atoms with Gasteiger partial charge in [0.2, 0.25) is 0 Å². The van der Waals surface area contributed by atoms with Crippen molar-refractivity contribution in [2.45, 2.75) is 0 Å².